The van der Waals surface area contributed by atoms with Gasteiger partial charge in [0.15, 0.2) is 11.6 Å². The summed E-state index contributed by atoms with van der Waals surface area (Å²) in [4.78, 5) is 0. The van der Waals surface area contributed by atoms with Crippen molar-refractivity contribution in [1.29, 1.82) is 0 Å². The Bertz CT molecular complexity index is 453. The van der Waals surface area contributed by atoms with Crippen LogP contribution in [-0.4, -0.2) is 11.7 Å². The first-order chi connectivity index (χ1) is 11.2. The van der Waals surface area contributed by atoms with Crippen LogP contribution in [0.5, 0.6) is 11.5 Å². The highest BCUT2D eigenvalue weighted by atomic mass is 19.1. The highest BCUT2D eigenvalue weighted by Crippen LogP contribution is 2.34. The summed E-state index contributed by atoms with van der Waals surface area (Å²) in [5, 5.41) is 9.14. The molecule has 130 valence electrons. The van der Waals surface area contributed by atoms with Gasteiger partial charge in [-0.15, -0.1) is 0 Å². The van der Waals surface area contributed by atoms with Crippen molar-refractivity contribution in [2.24, 2.45) is 11.8 Å². The highest BCUT2D eigenvalue weighted by molar-refractivity contribution is 5.31. The standard InChI is InChI=1S/C20H31FO2/c1-2-3-4-6-16-8-10-17(11-9-16)7-5-14-23-18-12-13-20(22)19(21)15-18/h12-13,15-17,22H,2-11,14H2,1H3. The van der Waals surface area contributed by atoms with Gasteiger partial charge in [-0.1, -0.05) is 58.3 Å². The highest BCUT2D eigenvalue weighted by Gasteiger charge is 2.20. The second-order valence-electron chi connectivity index (χ2n) is 6.99. The lowest BCUT2D eigenvalue weighted by Gasteiger charge is -2.28. The second-order valence-corrected chi connectivity index (χ2v) is 6.99. The lowest BCUT2D eigenvalue weighted by molar-refractivity contribution is 0.228. The third kappa shape index (κ3) is 6.40. The maximum Gasteiger partial charge on any atom is 0.168 e. The normalized spacial score (nSPS) is 21.3. The van der Waals surface area contributed by atoms with Crippen molar-refractivity contribution in [3.8, 4) is 11.5 Å². The van der Waals surface area contributed by atoms with E-state index in [1.165, 1.54) is 69.9 Å². The molecule has 1 aliphatic carbocycles. The average Bonchev–Trinajstić information content (AvgIpc) is 2.56. The van der Waals surface area contributed by atoms with Gasteiger partial charge in [0.05, 0.1) is 6.61 Å². The van der Waals surface area contributed by atoms with Crippen LogP contribution in [0.25, 0.3) is 0 Å². The molecule has 0 saturated heterocycles. The smallest absolute Gasteiger partial charge is 0.168 e. The summed E-state index contributed by atoms with van der Waals surface area (Å²) in [7, 11) is 0. The molecule has 3 heteroatoms. The van der Waals surface area contributed by atoms with E-state index in [-0.39, 0.29) is 5.75 Å². The topological polar surface area (TPSA) is 29.5 Å². The fourth-order valence-electron chi connectivity index (χ4n) is 3.63. The minimum atomic E-state index is -0.621. The predicted molar refractivity (Wildman–Crippen MR) is 92.4 cm³/mol. The minimum Gasteiger partial charge on any atom is -0.505 e. The van der Waals surface area contributed by atoms with Crippen molar-refractivity contribution in [3.05, 3.63) is 24.0 Å². The summed E-state index contributed by atoms with van der Waals surface area (Å²) in [5.41, 5.74) is 0. The summed E-state index contributed by atoms with van der Waals surface area (Å²) < 4.78 is 18.8. The molecular formula is C20H31FO2. The van der Waals surface area contributed by atoms with Crippen LogP contribution in [0.1, 0.15) is 71.1 Å². The lowest BCUT2D eigenvalue weighted by atomic mass is 9.78. The van der Waals surface area contributed by atoms with Gasteiger partial charge in [0.1, 0.15) is 5.75 Å². The molecule has 0 radical (unpaired) electrons. The molecule has 0 atom stereocenters. The lowest BCUT2D eigenvalue weighted by Crippen LogP contribution is -2.15. The number of aromatic hydroxyl groups is 1. The van der Waals surface area contributed by atoms with Crippen LogP contribution in [-0.2, 0) is 0 Å². The van der Waals surface area contributed by atoms with Gasteiger partial charge >= 0.3 is 0 Å². The van der Waals surface area contributed by atoms with Crippen molar-refractivity contribution in [2.45, 2.75) is 71.1 Å². The summed E-state index contributed by atoms with van der Waals surface area (Å²) in [5.74, 6) is 1.36. The number of phenolic OH excluding ortho intramolecular Hbond substituents is 1. The van der Waals surface area contributed by atoms with E-state index >= 15 is 0 Å². The van der Waals surface area contributed by atoms with E-state index in [0.717, 1.165) is 18.3 Å². The molecule has 0 amide bonds. The van der Waals surface area contributed by atoms with Gasteiger partial charge in [-0.2, -0.15) is 0 Å². The van der Waals surface area contributed by atoms with E-state index in [4.69, 9.17) is 9.84 Å². The quantitative estimate of drug-likeness (QED) is 0.558. The Morgan fingerprint density at radius 3 is 2.30 bits per heavy atom. The van der Waals surface area contributed by atoms with E-state index in [0.29, 0.717) is 12.4 Å². The van der Waals surface area contributed by atoms with Gasteiger partial charge in [-0.25, -0.2) is 4.39 Å². The molecule has 1 fully saturated rings. The monoisotopic (exact) mass is 322 g/mol. The largest absolute Gasteiger partial charge is 0.505 e. The number of halogens is 1. The first-order valence-electron chi connectivity index (χ1n) is 9.30. The van der Waals surface area contributed by atoms with Gasteiger partial charge in [-0.3, -0.25) is 0 Å². The van der Waals surface area contributed by atoms with E-state index in [9.17, 15) is 4.39 Å². The molecule has 1 aliphatic rings. The summed E-state index contributed by atoms with van der Waals surface area (Å²) in [6.45, 7) is 2.90. The molecule has 23 heavy (non-hydrogen) atoms. The van der Waals surface area contributed by atoms with Crippen molar-refractivity contribution in [3.63, 3.8) is 0 Å². The molecular weight excluding hydrogens is 291 g/mol. The zero-order valence-electron chi connectivity index (χ0n) is 14.4. The number of phenols is 1. The first kappa shape index (κ1) is 18.1. The fraction of sp³-hybridized carbons (Fsp3) is 0.700. The first-order valence-corrected chi connectivity index (χ1v) is 9.30. The molecule has 1 aromatic carbocycles. The molecule has 0 aliphatic heterocycles. The van der Waals surface area contributed by atoms with Crippen molar-refractivity contribution in [1.82, 2.24) is 0 Å². The third-order valence-corrected chi connectivity index (χ3v) is 5.13. The number of benzene rings is 1. The molecule has 2 rings (SSSR count). The summed E-state index contributed by atoms with van der Waals surface area (Å²) in [6.07, 6.45) is 13.3. The molecule has 0 spiro atoms. The number of unbranched alkanes of at least 4 members (excludes halogenated alkanes) is 2. The van der Waals surface area contributed by atoms with Gasteiger partial charge in [0, 0.05) is 6.07 Å². The van der Waals surface area contributed by atoms with Gasteiger partial charge < -0.3 is 9.84 Å². The van der Waals surface area contributed by atoms with Gasteiger partial charge in [0.2, 0.25) is 0 Å². The molecule has 1 aromatic rings. The van der Waals surface area contributed by atoms with Crippen molar-refractivity contribution in [2.75, 3.05) is 6.61 Å². The van der Waals surface area contributed by atoms with Crippen molar-refractivity contribution < 1.29 is 14.2 Å². The second kappa shape index (κ2) is 9.79. The Morgan fingerprint density at radius 1 is 1.04 bits per heavy atom. The molecule has 0 aromatic heterocycles. The Balaban J connectivity index is 1.56. The van der Waals surface area contributed by atoms with Gasteiger partial charge in [-0.05, 0) is 36.8 Å². The van der Waals surface area contributed by atoms with Crippen LogP contribution in [0, 0.1) is 17.7 Å². The summed E-state index contributed by atoms with van der Waals surface area (Å²) in [6, 6.07) is 4.20. The maximum absolute atomic E-state index is 13.2. The van der Waals surface area contributed by atoms with E-state index < -0.39 is 5.82 Å². The molecule has 0 heterocycles. The Labute approximate surface area is 140 Å². The Kier molecular flexibility index (Phi) is 7.70. The van der Waals surface area contributed by atoms with Crippen LogP contribution in [0.4, 0.5) is 4.39 Å². The molecule has 1 saturated carbocycles. The van der Waals surface area contributed by atoms with Gasteiger partial charge in [0.25, 0.3) is 0 Å². The average molecular weight is 322 g/mol. The van der Waals surface area contributed by atoms with E-state index in [2.05, 4.69) is 6.92 Å². The molecule has 2 nitrogen and oxygen atoms in total. The van der Waals surface area contributed by atoms with Crippen LogP contribution >= 0.6 is 0 Å². The maximum atomic E-state index is 13.2. The Morgan fingerprint density at radius 2 is 1.70 bits per heavy atom. The predicted octanol–water partition coefficient (Wildman–Crippen LogP) is 6.08. The number of ether oxygens (including phenoxy) is 1. The van der Waals surface area contributed by atoms with Crippen LogP contribution in [0.3, 0.4) is 0 Å². The Hall–Kier alpha value is -1.25. The zero-order chi connectivity index (χ0) is 16.5. The summed E-state index contributed by atoms with van der Waals surface area (Å²) >= 11 is 0. The number of hydrogen-bond acceptors (Lipinski definition) is 2. The molecule has 0 unspecified atom stereocenters. The van der Waals surface area contributed by atoms with Crippen LogP contribution < -0.4 is 4.74 Å². The van der Waals surface area contributed by atoms with Crippen molar-refractivity contribution >= 4 is 0 Å². The molecule has 1 N–H and O–H groups in total. The SMILES string of the molecule is CCCCCC1CCC(CCCOc2ccc(O)c(F)c2)CC1. The third-order valence-electron chi connectivity index (χ3n) is 5.13. The number of hydrogen-bond donors (Lipinski definition) is 1. The molecule has 0 bridgehead atoms. The van der Waals surface area contributed by atoms with Crippen LogP contribution in [0.15, 0.2) is 18.2 Å². The van der Waals surface area contributed by atoms with Crippen LogP contribution in [0.2, 0.25) is 0 Å². The minimum absolute atomic E-state index is 0.326. The van der Waals surface area contributed by atoms with E-state index in [1.807, 2.05) is 0 Å². The number of rotatable bonds is 9. The fourth-order valence-corrected chi connectivity index (χ4v) is 3.63. The van der Waals surface area contributed by atoms with E-state index in [1.54, 1.807) is 6.07 Å². The zero-order valence-corrected chi connectivity index (χ0v) is 14.4.